The fourth-order valence-electron chi connectivity index (χ4n) is 9.15. The van der Waals surface area contributed by atoms with E-state index in [9.17, 15) is 19.5 Å². The fourth-order valence-corrected chi connectivity index (χ4v) is 9.15. The second-order valence-corrected chi connectivity index (χ2v) is 16.5. The maximum absolute atomic E-state index is 14.0. The molecular formula is C45H52N6O8. The summed E-state index contributed by atoms with van der Waals surface area (Å²) < 4.78 is 23.7. The average Bonchev–Trinajstić information content (AvgIpc) is 3.80. The van der Waals surface area contributed by atoms with Gasteiger partial charge in [-0.1, -0.05) is 12.1 Å². The first-order valence-corrected chi connectivity index (χ1v) is 20.8. The minimum atomic E-state index is -0.453. The number of hydrogen-bond donors (Lipinski definition) is 2. The number of ether oxygens (including phenoxy) is 4. The number of carbonyl (C=O) groups is 3. The Kier molecular flexibility index (Phi) is 10.6. The van der Waals surface area contributed by atoms with Crippen molar-refractivity contribution in [2.45, 2.75) is 57.0 Å². The molecule has 5 heterocycles. The van der Waals surface area contributed by atoms with Crippen LogP contribution in [0.3, 0.4) is 0 Å². The van der Waals surface area contributed by atoms with E-state index >= 15 is 0 Å². The van der Waals surface area contributed by atoms with Crippen LogP contribution >= 0.6 is 0 Å². The van der Waals surface area contributed by atoms with Gasteiger partial charge < -0.3 is 49.0 Å². The Morgan fingerprint density at radius 2 is 1.56 bits per heavy atom. The first-order chi connectivity index (χ1) is 28.8. The summed E-state index contributed by atoms with van der Waals surface area (Å²) in [7, 11) is 3.17. The van der Waals surface area contributed by atoms with Crippen LogP contribution in [0.25, 0.3) is 5.57 Å². The summed E-state index contributed by atoms with van der Waals surface area (Å²) in [4.78, 5) is 51.7. The molecule has 5 aliphatic heterocycles. The van der Waals surface area contributed by atoms with Crippen molar-refractivity contribution >= 4 is 46.6 Å². The standard InChI is InChI=1S/C45H52N6O8/c1-56-38-19-34-36(46-24-32-18-30(26-50(32)43(34)54)29-6-8-31(9-7-29)48-12-14-49(15-13-48)42(53)27-52)21-40(38)58-16-4-3-5-17-59-41-22-37-35(20-39(41)57-2)44(55)51-28-45(10-11-45)23-33(51)25-47-37/h6-9,19-22,25-26,32-33,46,52H,3-5,10-18,23-24,27-28H2,1-2H3/t32-,33-/m0/s1. The van der Waals surface area contributed by atoms with E-state index in [-0.39, 0.29) is 29.8 Å². The minimum absolute atomic E-state index is 0.0130. The molecule has 3 aromatic rings. The van der Waals surface area contributed by atoms with Gasteiger partial charge in [0.15, 0.2) is 23.0 Å². The zero-order valence-electron chi connectivity index (χ0n) is 33.8. The number of aliphatic imine (C=N–C) groups is 1. The molecule has 14 heteroatoms. The number of fused-ring (bicyclic) bond motifs is 4. The van der Waals surface area contributed by atoms with Gasteiger partial charge >= 0.3 is 0 Å². The Bertz CT molecular complexity index is 2180. The number of amides is 3. The molecule has 6 aliphatic rings. The number of piperazine rings is 1. The van der Waals surface area contributed by atoms with Crippen LogP contribution in [0, 0.1) is 5.41 Å². The number of aliphatic hydroxyl groups excluding tert-OH is 1. The number of hydrogen-bond acceptors (Lipinski definition) is 11. The molecule has 2 N–H and O–H groups in total. The van der Waals surface area contributed by atoms with Crippen LogP contribution in [0.4, 0.5) is 17.1 Å². The highest BCUT2D eigenvalue weighted by atomic mass is 16.5. The number of nitrogens with zero attached hydrogens (tertiary/aromatic N) is 5. The van der Waals surface area contributed by atoms with Gasteiger partial charge in [0, 0.05) is 69.5 Å². The summed E-state index contributed by atoms with van der Waals surface area (Å²) in [5, 5.41) is 12.7. The lowest BCUT2D eigenvalue weighted by Crippen LogP contribution is -2.49. The summed E-state index contributed by atoms with van der Waals surface area (Å²) in [6.07, 6.45) is 10.5. The number of rotatable bonds is 13. The molecule has 3 fully saturated rings. The topological polar surface area (TPSA) is 146 Å². The molecule has 59 heavy (non-hydrogen) atoms. The van der Waals surface area contributed by atoms with E-state index in [1.165, 1.54) is 12.8 Å². The highest BCUT2D eigenvalue weighted by molar-refractivity contribution is 6.04. The van der Waals surface area contributed by atoms with Gasteiger partial charge in [0.1, 0.15) is 6.61 Å². The van der Waals surface area contributed by atoms with Crippen LogP contribution in [-0.4, -0.2) is 129 Å². The number of methoxy groups -OCH3 is 2. The first-order valence-electron chi connectivity index (χ1n) is 20.8. The van der Waals surface area contributed by atoms with Gasteiger partial charge in [0.05, 0.1) is 62.0 Å². The highest BCUT2D eigenvalue weighted by Crippen LogP contribution is 2.55. The van der Waals surface area contributed by atoms with Crippen molar-refractivity contribution < 1.29 is 38.4 Å². The number of benzene rings is 3. The Hall–Kier alpha value is -5.76. The van der Waals surface area contributed by atoms with Crippen molar-refractivity contribution in [3.63, 3.8) is 0 Å². The molecule has 3 aromatic carbocycles. The number of nitrogens with one attached hydrogen (secondary N) is 1. The molecule has 310 valence electrons. The molecule has 2 saturated heterocycles. The number of aliphatic hydroxyl groups is 1. The Morgan fingerprint density at radius 1 is 0.864 bits per heavy atom. The van der Waals surface area contributed by atoms with Crippen LogP contribution in [0.15, 0.2) is 59.7 Å². The molecule has 1 spiro atoms. The smallest absolute Gasteiger partial charge is 0.260 e. The molecule has 1 aliphatic carbocycles. The van der Waals surface area contributed by atoms with Crippen LogP contribution < -0.4 is 29.2 Å². The quantitative estimate of drug-likeness (QED) is 0.217. The van der Waals surface area contributed by atoms with Crippen molar-refractivity contribution in [2.24, 2.45) is 10.4 Å². The highest BCUT2D eigenvalue weighted by Gasteiger charge is 2.53. The van der Waals surface area contributed by atoms with Gasteiger partial charge in [-0.25, -0.2) is 0 Å². The van der Waals surface area contributed by atoms with Crippen LogP contribution in [0.2, 0.25) is 0 Å². The molecule has 2 atom stereocenters. The Labute approximate surface area is 344 Å². The fraction of sp³-hybridized carbons (Fsp3) is 0.467. The van der Waals surface area contributed by atoms with E-state index < -0.39 is 6.61 Å². The lowest BCUT2D eigenvalue weighted by molar-refractivity contribution is -0.134. The van der Waals surface area contributed by atoms with Crippen molar-refractivity contribution in [1.29, 1.82) is 0 Å². The largest absolute Gasteiger partial charge is 0.493 e. The predicted molar refractivity (Wildman–Crippen MR) is 223 cm³/mol. The maximum Gasteiger partial charge on any atom is 0.260 e. The third kappa shape index (κ3) is 7.66. The number of carbonyl (C=O) groups excluding carboxylic acids is 3. The summed E-state index contributed by atoms with van der Waals surface area (Å²) in [5.74, 6) is 1.89. The summed E-state index contributed by atoms with van der Waals surface area (Å²) in [5.41, 5.74) is 6.01. The molecule has 1 saturated carbocycles. The van der Waals surface area contributed by atoms with Crippen molar-refractivity contribution in [1.82, 2.24) is 14.7 Å². The lowest BCUT2D eigenvalue weighted by Gasteiger charge is -2.36. The van der Waals surface area contributed by atoms with Gasteiger partial charge in [-0.15, -0.1) is 0 Å². The molecule has 0 bridgehead atoms. The molecule has 0 unspecified atom stereocenters. The maximum atomic E-state index is 14.0. The number of anilines is 2. The second-order valence-electron chi connectivity index (χ2n) is 16.5. The summed E-state index contributed by atoms with van der Waals surface area (Å²) in [6.45, 7) is 4.50. The first kappa shape index (κ1) is 38.7. The zero-order chi connectivity index (χ0) is 40.7. The van der Waals surface area contributed by atoms with Gasteiger partial charge in [-0.2, -0.15) is 0 Å². The Morgan fingerprint density at radius 3 is 2.24 bits per heavy atom. The normalized spacial score (nSPS) is 21.2. The van der Waals surface area contributed by atoms with Crippen LogP contribution in [-0.2, 0) is 4.79 Å². The van der Waals surface area contributed by atoms with E-state index in [4.69, 9.17) is 23.9 Å². The van der Waals surface area contributed by atoms with Gasteiger partial charge in [-0.05, 0) is 85.8 Å². The van der Waals surface area contributed by atoms with E-state index in [0.29, 0.717) is 91.2 Å². The lowest BCUT2D eigenvalue weighted by atomic mass is 10.0. The van der Waals surface area contributed by atoms with Crippen molar-refractivity contribution in [2.75, 3.05) is 83.5 Å². The second kappa shape index (κ2) is 16.1. The zero-order valence-corrected chi connectivity index (χ0v) is 33.8. The molecule has 0 radical (unpaired) electrons. The van der Waals surface area contributed by atoms with Crippen molar-refractivity contribution in [3.05, 3.63) is 71.4 Å². The van der Waals surface area contributed by atoms with E-state index in [2.05, 4.69) is 34.5 Å². The molecule has 14 nitrogen and oxygen atoms in total. The predicted octanol–water partition coefficient (Wildman–Crippen LogP) is 5.36. The molecular weight excluding hydrogens is 753 g/mol. The van der Waals surface area contributed by atoms with E-state index in [1.807, 2.05) is 34.3 Å². The average molecular weight is 805 g/mol. The Balaban J connectivity index is 0.767. The van der Waals surface area contributed by atoms with Crippen molar-refractivity contribution in [3.8, 4) is 23.0 Å². The van der Waals surface area contributed by atoms with Crippen LogP contribution in [0.1, 0.15) is 71.2 Å². The minimum Gasteiger partial charge on any atom is -0.493 e. The molecule has 3 amide bonds. The SMILES string of the molecule is COc1cc2c(cc1OCCCCCOc1cc3c(cc1OC)C(=O)N1C=C(c4ccc(N5CCN(C(=O)CO)CC5)cc4)C[C@H]1CN3)N=C[C@@H]1CC3(CC3)CN1C2=O. The summed E-state index contributed by atoms with van der Waals surface area (Å²) in [6, 6.07) is 15.6. The van der Waals surface area contributed by atoms with Crippen LogP contribution in [0.5, 0.6) is 23.0 Å². The van der Waals surface area contributed by atoms with Gasteiger partial charge in [0.25, 0.3) is 11.8 Å². The number of unbranched alkanes of at least 4 members (excludes halogenated alkanes) is 2. The van der Waals surface area contributed by atoms with Gasteiger partial charge in [0.2, 0.25) is 5.91 Å². The van der Waals surface area contributed by atoms with E-state index in [0.717, 1.165) is 61.2 Å². The van der Waals surface area contributed by atoms with Gasteiger partial charge in [-0.3, -0.25) is 19.4 Å². The third-order valence-electron chi connectivity index (χ3n) is 12.8. The molecule has 0 aromatic heterocycles. The monoisotopic (exact) mass is 804 g/mol. The molecule has 9 rings (SSSR count). The summed E-state index contributed by atoms with van der Waals surface area (Å²) >= 11 is 0. The van der Waals surface area contributed by atoms with E-state index in [1.54, 1.807) is 31.3 Å². The third-order valence-corrected chi connectivity index (χ3v) is 12.8.